The van der Waals surface area contributed by atoms with Crippen molar-refractivity contribution in [3.8, 4) is 5.75 Å². The Labute approximate surface area is 112 Å². The molecule has 1 atom stereocenters. The third kappa shape index (κ3) is 3.14. The van der Waals surface area contributed by atoms with Crippen LogP contribution in [0.3, 0.4) is 0 Å². The Bertz CT molecular complexity index is 496. The van der Waals surface area contributed by atoms with Gasteiger partial charge < -0.3 is 4.74 Å². The molecule has 0 aliphatic rings. The first-order valence-corrected chi connectivity index (χ1v) is 6.37. The van der Waals surface area contributed by atoms with Gasteiger partial charge in [-0.25, -0.2) is 0 Å². The zero-order chi connectivity index (χ0) is 12.8. The molecule has 0 aromatic heterocycles. The Morgan fingerprint density at radius 2 is 1.56 bits per heavy atom. The van der Waals surface area contributed by atoms with Crippen LogP contribution >= 0.6 is 12.6 Å². The molecule has 0 saturated heterocycles. The summed E-state index contributed by atoms with van der Waals surface area (Å²) in [7, 11) is 0. The largest absolute Gasteiger partial charge is 0.426 e. The topological polar surface area (TPSA) is 26.3 Å². The summed E-state index contributed by atoms with van der Waals surface area (Å²) >= 11 is 4.23. The molecule has 1 unspecified atom stereocenters. The molecule has 18 heavy (non-hydrogen) atoms. The van der Waals surface area contributed by atoms with Gasteiger partial charge in [0.05, 0.1) is 5.92 Å². The maximum Gasteiger partial charge on any atom is 0.319 e. The fraction of sp³-hybridized carbons (Fsp3) is 0.133. The van der Waals surface area contributed by atoms with Gasteiger partial charge in [-0.15, -0.1) is 0 Å². The second-order valence-corrected chi connectivity index (χ2v) is 4.25. The van der Waals surface area contributed by atoms with Crippen molar-refractivity contribution in [3.05, 3.63) is 66.2 Å². The predicted octanol–water partition coefficient (Wildman–Crippen LogP) is 3.31. The van der Waals surface area contributed by atoms with E-state index in [4.69, 9.17) is 4.74 Å². The molecular formula is C15H14O2S. The molecule has 0 aliphatic carbocycles. The van der Waals surface area contributed by atoms with Gasteiger partial charge in [0.15, 0.2) is 0 Å². The third-order valence-electron chi connectivity index (χ3n) is 2.63. The zero-order valence-electron chi connectivity index (χ0n) is 9.82. The van der Waals surface area contributed by atoms with E-state index in [0.717, 1.165) is 5.56 Å². The van der Waals surface area contributed by atoms with Crippen molar-refractivity contribution in [2.45, 2.75) is 5.92 Å². The van der Waals surface area contributed by atoms with Crippen LogP contribution in [0.5, 0.6) is 5.75 Å². The van der Waals surface area contributed by atoms with Crippen LogP contribution in [-0.2, 0) is 4.79 Å². The smallest absolute Gasteiger partial charge is 0.319 e. The minimum absolute atomic E-state index is 0.276. The van der Waals surface area contributed by atoms with Gasteiger partial charge in [-0.05, 0) is 17.7 Å². The number of hydrogen-bond acceptors (Lipinski definition) is 3. The number of carbonyl (C=O) groups excluding carboxylic acids is 1. The summed E-state index contributed by atoms with van der Waals surface area (Å²) in [5, 5.41) is 0. The van der Waals surface area contributed by atoms with Crippen molar-refractivity contribution in [2.24, 2.45) is 0 Å². The number of hydrogen-bond donors (Lipinski definition) is 1. The number of thiol groups is 1. The number of carbonyl (C=O) groups is 1. The lowest BCUT2D eigenvalue weighted by atomic mass is 10.0. The van der Waals surface area contributed by atoms with E-state index in [-0.39, 0.29) is 11.9 Å². The highest BCUT2D eigenvalue weighted by molar-refractivity contribution is 7.80. The van der Waals surface area contributed by atoms with E-state index in [2.05, 4.69) is 12.6 Å². The molecule has 0 saturated carbocycles. The Hall–Kier alpha value is -1.74. The molecule has 3 heteroatoms. The highest BCUT2D eigenvalue weighted by Crippen LogP contribution is 2.20. The molecule has 2 nitrogen and oxygen atoms in total. The molecule has 0 radical (unpaired) electrons. The molecule has 0 spiro atoms. The molecule has 2 aromatic carbocycles. The molecule has 2 rings (SSSR count). The van der Waals surface area contributed by atoms with Crippen LogP contribution in [0.1, 0.15) is 11.5 Å². The van der Waals surface area contributed by atoms with Gasteiger partial charge >= 0.3 is 5.97 Å². The van der Waals surface area contributed by atoms with E-state index >= 15 is 0 Å². The predicted molar refractivity (Wildman–Crippen MR) is 75.1 cm³/mol. The number of benzene rings is 2. The first kappa shape index (κ1) is 12.7. The van der Waals surface area contributed by atoms with Gasteiger partial charge in [-0.1, -0.05) is 48.5 Å². The first-order chi connectivity index (χ1) is 8.81. The van der Waals surface area contributed by atoms with Crippen molar-refractivity contribution < 1.29 is 9.53 Å². The van der Waals surface area contributed by atoms with E-state index in [0.29, 0.717) is 11.5 Å². The van der Waals surface area contributed by atoms with Crippen LogP contribution in [0.15, 0.2) is 60.7 Å². The number of rotatable bonds is 4. The Kier molecular flexibility index (Phi) is 4.42. The highest BCUT2D eigenvalue weighted by atomic mass is 32.1. The van der Waals surface area contributed by atoms with E-state index in [1.165, 1.54) is 0 Å². The fourth-order valence-corrected chi connectivity index (χ4v) is 2.04. The normalized spacial score (nSPS) is 11.8. The van der Waals surface area contributed by atoms with Crippen molar-refractivity contribution >= 4 is 18.6 Å². The van der Waals surface area contributed by atoms with Crippen molar-refractivity contribution in [1.29, 1.82) is 0 Å². The van der Waals surface area contributed by atoms with Gasteiger partial charge in [0.25, 0.3) is 0 Å². The molecular weight excluding hydrogens is 244 g/mol. The lowest BCUT2D eigenvalue weighted by molar-refractivity contribution is -0.135. The summed E-state index contributed by atoms with van der Waals surface area (Å²) in [5.41, 5.74) is 0.924. The van der Waals surface area contributed by atoms with E-state index in [9.17, 15) is 4.79 Å². The standard InChI is InChI=1S/C15H14O2S/c16-15(17-13-9-5-2-6-10-13)14(11-18)12-7-3-1-4-8-12/h1-10,14,18H,11H2. The minimum Gasteiger partial charge on any atom is -0.426 e. The van der Waals surface area contributed by atoms with Crippen LogP contribution in [0, 0.1) is 0 Å². The fourth-order valence-electron chi connectivity index (χ4n) is 1.68. The summed E-state index contributed by atoms with van der Waals surface area (Å²) in [6.07, 6.45) is 0. The third-order valence-corrected chi connectivity index (χ3v) is 3.00. The molecule has 0 amide bonds. The van der Waals surface area contributed by atoms with E-state index < -0.39 is 0 Å². The quantitative estimate of drug-likeness (QED) is 0.517. The van der Waals surface area contributed by atoms with Crippen LogP contribution in [0.25, 0.3) is 0 Å². The van der Waals surface area contributed by atoms with Crippen LogP contribution < -0.4 is 4.74 Å². The zero-order valence-corrected chi connectivity index (χ0v) is 10.7. The first-order valence-electron chi connectivity index (χ1n) is 5.74. The molecule has 0 aliphatic heterocycles. The van der Waals surface area contributed by atoms with Gasteiger partial charge in [-0.3, -0.25) is 4.79 Å². The maximum absolute atomic E-state index is 12.1. The Morgan fingerprint density at radius 1 is 1.00 bits per heavy atom. The maximum atomic E-state index is 12.1. The molecule has 0 bridgehead atoms. The van der Waals surface area contributed by atoms with Crippen molar-refractivity contribution in [1.82, 2.24) is 0 Å². The molecule has 2 aromatic rings. The lowest BCUT2D eigenvalue weighted by Crippen LogP contribution is -2.20. The average molecular weight is 258 g/mol. The minimum atomic E-state index is -0.338. The second-order valence-electron chi connectivity index (χ2n) is 3.88. The van der Waals surface area contributed by atoms with Crippen molar-refractivity contribution in [2.75, 3.05) is 5.75 Å². The number of ether oxygens (including phenoxy) is 1. The summed E-state index contributed by atoms with van der Waals surface area (Å²) < 4.78 is 5.33. The summed E-state index contributed by atoms with van der Waals surface area (Å²) in [6.45, 7) is 0. The highest BCUT2D eigenvalue weighted by Gasteiger charge is 2.20. The van der Waals surface area contributed by atoms with Gasteiger partial charge in [0, 0.05) is 5.75 Å². The number of para-hydroxylation sites is 1. The van der Waals surface area contributed by atoms with Crippen LogP contribution in [-0.4, -0.2) is 11.7 Å². The average Bonchev–Trinajstić information content (AvgIpc) is 2.42. The SMILES string of the molecule is O=C(Oc1ccccc1)C(CS)c1ccccc1. The Balaban J connectivity index is 2.12. The molecule has 0 fully saturated rings. The van der Waals surface area contributed by atoms with Crippen LogP contribution in [0.2, 0.25) is 0 Å². The van der Waals surface area contributed by atoms with Gasteiger partial charge in [-0.2, -0.15) is 12.6 Å². The van der Waals surface area contributed by atoms with Gasteiger partial charge in [0.2, 0.25) is 0 Å². The van der Waals surface area contributed by atoms with E-state index in [1.807, 2.05) is 48.5 Å². The van der Waals surface area contributed by atoms with E-state index in [1.54, 1.807) is 12.1 Å². The number of esters is 1. The summed E-state index contributed by atoms with van der Waals surface area (Å²) in [5.74, 6) is 0.373. The van der Waals surface area contributed by atoms with Crippen molar-refractivity contribution in [3.63, 3.8) is 0 Å². The molecule has 0 N–H and O–H groups in total. The molecule has 92 valence electrons. The molecule has 0 heterocycles. The monoisotopic (exact) mass is 258 g/mol. The van der Waals surface area contributed by atoms with Gasteiger partial charge in [0.1, 0.15) is 5.75 Å². The summed E-state index contributed by atoms with van der Waals surface area (Å²) in [4.78, 5) is 12.1. The Morgan fingerprint density at radius 3 is 2.11 bits per heavy atom. The lowest BCUT2D eigenvalue weighted by Gasteiger charge is -2.13. The second kappa shape index (κ2) is 6.26. The van der Waals surface area contributed by atoms with Crippen LogP contribution in [0.4, 0.5) is 0 Å². The summed E-state index contributed by atoms with van der Waals surface area (Å²) in [6, 6.07) is 18.6.